The van der Waals surface area contributed by atoms with Crippen LogP contribution in [0.2, 0.25) is 0 Å². The Labute approximate surface area is 181 Å². The quantitative estimate of drug-likeness (QED) is 0.570. The summed E-state index contributed by atoms with van der Waals surface area (Å²) in [6.45, 7) is 5.32. The Morgan fingerprint density at radius 2 is 1.94 bits per heavy atom. The number of nitrogens with zero attached hydrogens (tertiary/aromatic N) is 1. The monoisotopic (exact) mass is 421 g/mol. The first kappa shape index (κ1) is 21.1. The van der Waals surface area contributed by atoms with E-state index in [1.165, 1.54) is 0 Å². The number of hydrogen-bond donors (Lipinski definition) is 2. The minimum absolute atomic E-state index is 0.179. The lowest BCUT2D eigenvalue weighted by Crippen LogP contribution is -2.44. The number of piperidine rings is 1. The molecule has 2 aliphatic rings. The molecule has 1 amide bonds. The Morgan fingerprint density at radius 1 is 1.19 bits per heavy atom. The van der Waals surface area contributed by atoms with Gasteiger partial charge in [0.2, 0.25) is 5.90 Å². The van der Waals surface area contributed by atoms with E-state index in [1.807, 2.05) is 42.5 Å². The maximum Gasteiger partial charge on any atom is 0.407 e. The molecule has 2 heterocycles. The number of esters is 1. The third-order valence-corrected chi connectivity index (χ3v) is 5.50. The van der Waals surface area contributed by atoms with Crippen LogP contribution < -0.4 is 10.6 Å². The molecule has 1 atom stereocenters. The number of aliphatic imine (C=N–C) groups is 1. The standard InChI is InChI=1S/C24H27N3O4/c1-15(2)30-24(29)27-20(17-10-12-25-13-11-17)14-21-23(28)31-22(26-21)19-9-5-7-16-6-3-4-8-18(16)19/h3-9,14-15,17,20,25H,10-13H2,1-2H3,(H,27,29). The SMILES string of the molecule is CC(C)OC(=O)NC(C=C1N=C(c2cccc3ccccc23)OC1=O)C1CCNCC1. The van der Waals surface area contributed by atoms with Crippen LogP contribution in [0.25, 0.3) is 10.8 Å². The third-order valence-electron chi connectivity index (χ3n) is 5.50. The summed E-state index contributed by atoms with van der Waals surface area (Å²) >= 11 is 0. The number of carbonyl (C=O) groups excluding carboxylic acids is 2. The second-order valence-corrected chi connectivity index (χ2v) is 8.10. The smallest absolute Gasteiger partial charge is 0.407 e. The average Bonchev–Trinajstić information content (AvgIpc) is 3.13. The molecule has 0 saturated carbocycles. The number of benzene rings is 2. The summed E-state index contributed by atoms with van der Waals surface area (Å²) in [4.78, 5) is 29.4. The first-order valence-corrected chi connectivity index (χ1v) is 10.7. The van der Waals surface area contributed by atoms with E-state index in [-0.39, 0.29) is 29.7 Å². The molecule has 0 aromatic heterocycles. The second-order valence-electron chi connectivity index (χ2n) is 8.10. The van der Waals surface area contributed by atoms with Gasteiger partial charge in [-0.2, -0.15) is 0 Å². The van der Waals surface area contributed by atoms with Gasteiger partial charge in [0.05, 0.1) is 12.1 Å². The zero-order chi connectivity index (χ0) is 21.8. The van der Waals surface area contributed by atoms with Crippen LogP contribution >= 0.6 is 0 Å². The number of cyclic esters (lactones) is 1. The van der Waals surface area contributed by atoms with Gasteiger partial charge in [-0.05, 0) is 68.6 Å². The Kier molecular flexibility index (Phi) is 6.32. The molecule has 7 nitrogen and oxygen atoms in total. The fourth-order valence-electron chi connectivity index (χ4n) is 4.00. The van der Waals surface area contributed by atoms with E-state index in [2.05, 4.69) is 15.6 Å². The number of ether oxygens (including phenoxy) is 2. The van der Waals surface area contributed by atoms with Crippen LogP contribution in [-0.2, 0) is 14.3 Å². The Bertz CT molecular complexity index is 1030. The van der Waals surface area contributed by atoms with E-state index in [9.17, 15) is 9.59 Å². The molecule has 0 spiro atoms. The van der Waals surface area contributed by atoms with E-state index < -0.39 is 12.1 Å². The molecule has 1 unspecified atom stereocenters. The van der Waals surface area contributed by atoms with Crippen molar-refractivity contribution in [2.75, 3.05) is 13.1 Å². The second kappa shape index (κ2) is 9.31. The topological polar surface area (TPSA) is 89.0 Å². The fourth-order valence-corrected chi connectivity index (χ4v) is 4.00. The Balaban J connectivity index is 1.64. The lowest BCUT2D eigenvalue weighted by molar-refractivity contribution is -0.130. The van der Waals surface area contributed by atoms with Crippen LogP contribution in [0.5, 0.6) is 0 Å². The molecular weight excluding hydrogens is 394 g/mol. The lowest BCUT2D eigenvalue weighted by Gasteiger charge is -2.29. The molecule has 2 aromatic carbocycles. The van der Waals surface area contributed by atoms with E-state index in [0.29, 0.717) is 0 Å². The summed E-state index contributed by atoms with van der Waals surface area (Å²) in [6, 6.07) is 13.3. The molecule has 1 fully saturated rings. The zero-order valence-electron chi connectivity index (χ0n) is 17.8. The van der Waals surface area contributed by atoms with Gasteiger partial charge in [0.25, 0.3) is 0 Å². The highest BCUT2D eigenvalue weighted by Gasteiger charge is 2.30. The van der Waals surface area contributed by atoms with Crippen LogP contribution in [0.4, 0.5) is 4.79 Å². The molecule has 2 aromatic rings. The lowest BCUT2D eigenvalue weighted by atomic mass is 9.89. The van der Waals surface area contributed by atoms with Crippen LogP contribution in [0.15, 0.2) is 59.2 Å². The van der Waals surface area contributed by atoms with Crippen molar-refractivity contribution in [1.29, 1.82) is 0 Å². The van der Waals surface area contributed by atoms with Gasteiger partial charge in [-0.25, -0.2) is 14.6 Å². The van der Waals surface area contributed by atoms with Crippen molar-refractivity contribution in [2.45, 2.75) is 38.8 Å². The number of rotatable bonds is 5. The first-order valence-electron chi connectivity index (χ1n) is 10.7. The molecule has 1 saturated heterocycles. The zero-order valence-corrected chi connectivity index (χ0v) is 17.8. The number of carbonyl (C=O) groups is 2. The molecule has 0 radical (unpaired) electrons. The predicted molar refractivity (Wildman–Crippen MR) is 119 cm³/mol. The van der Waals surface area contributed by atoms with Gasteiger partial charge >= 0.3 is 12.1 Å². The van der Waals surface area contributed by atoms with Crippen molar-refractivity contribution >= 4 is 28.7 Å². The van der Waals surface area contributed by atoms with Crippen LogP contribution in [-0.4, -0.2) is 43.2 Å². The number of alkyl carbamates (subject to hydrolysis) is 1. The number of fused-ring (bicyclic) bond motifs is 1. The number of hydrogen-bond acceptors (Lipinski definition) is 6. The van der Waals surface area contributed by atoms with E-state index in [4.69, 9.17) is 9.47 Å². The van der Waals surface area contributed by atoms with Crippen LogP contribution in [0.1, 0.15) is 32.3 Å². The fraction of sp³-hybridized carbons (Fsp3) is 0.375. The van der Waals surface area contributed by atoms with Crippen molar-refractivity contribution < 1.29 is 19.1 Å². The summed E-state index contributed by atoms with van der Waals surface area (Å²) in [5.41, 5.74) is 0.969. The third kappa shape index (κ3) is 4.94. The summed E-state index contributed by atoms with van der Waals surface area (Å²) in [5.74, 6) is -0.0548. The molecule has 31 heavy (non-hydrogen) atoms. The van der Waals surface area contributed by atoms with Gasteiger partial charge in [0.15, 0.2) is 5.70 Å². The minimum Gasteiger partial charge on any atom is -0.447 e. The normalized spacial score (nSPS) is 19.4. The van der Waals surface area contributed by atoms with Gasteiger partial charge in [0, 0.05) is 5.56 Å². The molecule has 162 valence electrons. The van der Waals surface area contributed by atoms with E-state index >= 15 is 0 Å². The van der Waals surface area contributed by atoms with Crippen molar-refractivity contribution in [3.05, 3.63) is 59.8 Å². The van der Waals surface area contributed by atoms with E-state index in [1.54, 1.807) is 19.9 Å². The summed E-state index contributed by atoms with van der Waals surface area (Å²) in [6.07, 6.45) is 2.74. The van der Waals surface area contributed by atoms with E-state index in [0.717, 1.165) is 42.3 Å². The van der Waals surface area contributed by atoms with Crippen molar-refractivity contribution in [3.63, 3.8) is 0 Å². The molecule has 4 rings (SSSR count). The molecule has 2 aliphatic heterocycles. The molecule has 7 heteroatoms. The Morgan fingerprint density at radius 3 is 2.71 bits per heavy atom. The summed E-state index contributed by atoms with van der Waals surface area (Å²) in [7, 11) is 0. The Hall–Kier alpha value is -3.19. The highest BCUT2D eigenvalue weighted by molar-refractivity contribution is 6.16. The largest absolute Gasteiger partial charge is 0.447 e. The summed E-state index contributed by atoms with van der Waals surface area (Å²) < 4.78 is 10.8. The van der Waals surface area contributed by atoms with Crippen LogP contribution in [0, 0.1) is 5.92 Å². The highest BCUT2D eigenvalue weighted by Crippen LogP contribution is 2.26. The summed E-state index contributed by atoms with van der Waals surface area (Å²) in [5, 5.41) is 8.23. The predicted octanol–water partition coefficient (Wildman–Crippen LogP) is 3.53. The van der Waals surface area contributed by atoms with Gasteiger partial charge < -0.3 is 20.1 Å². The maximum absolute atomic E-state index is 12.6. The number of amides is 1. The van der Waals surface area contributed by atoms with Gasteiger partial charge in [-0.3, -0.25) is 0 Å². The molecule has 0 aliphatic carbocycles. The van der Waals surface area contributed by atoms with Gasteiger partial charge in [-0.15, -0.1) is 0 Å². The minimum atomic E-state index is -0.513. The van der Waals surface area contributed by atoms with Crippen molar-refractivity contribution in [1.82, 2.24) is 10.6 Å². The molecule has 0 bridgehead atoms. The van der Waals surface area contributed by atoms with Crippen molar-refractivity contribution in [2.24, 2.45) is 10.9 Å². The highest BCUT2D eigenvalue weighted by atomic mass is 16.6. The molecule has 2 N–H and O–H groups in total. The molecular formula is C24H27N3O4. The van der Waals surface area contributed by atoms with Crippen molar-refractivity contribution in [3.8, 4) is 0 Å². The maximum atomic E-state index is 12.6. The van der Waals surface area contributed by atoms with Gasteiger partial charge in [0.1, 0.15) is 0 Å². The average molecular weight is 421 g/mol. The number of nitrogens with one attached hydrogen (secondary N) is 2. The van der Waals surface area contributed by atoms with Gasteiger partial charge in [-0.1, -0.05) is 36.4 Å². The van der Waals surface area contributed by atoms with Crippen LogP contribution in [0.3, 0.4) is 0 Å². The first-order chi connectivity index (χ1) is 15.0.